The van der Waals surface area contributed by atoms with Crippen molar-refractivity contribution in [2.24, 2.45) is 0 Å². The first kappa shape index (κ1) is 7.54. The van der Waals surface area contributed by atoms with E-state index in [0.29, 0.717) is 12.8 Å². The highest BCUT2D eigenvalue weighted by atomic mass is 16.4. The molecule has 1 aliphatic carbocycles. The molecule has 1 N–H and O–H groups in total. The predicted molar refractivity (Wildman–Crippen MR) is 34.1 cm³/mol. The Bertz CT molecular complexity index is 136. The van der Waals surface area contributed by atoms with Crippen molar-refractivity contribution in [2.45, 2.75) is 37.7 Å². The first-order chi connectivity index (χ1) is 4.65. The van der Waals surface area contributed by atoms with E-state index >= 15 is 0 Å². The number of hydrogen-bond acceptors (Lipinski definition) is 1. The van der Waals surface area contributed by atoms with Crippen molar-refractivity contribution >= 4 is 5.97 Å². The molecule has 0 heterocycles. The van der Waals surface area contributed by atoms with Gasteiger partial charge in [0.2, 0.25) is 0 Å². The zero-order valence-electron chi connectivity index (χ0n) is 5.80. The third kappa shape index (κ3) is 1.29. The fourth-order valence-corrected chi connectivity index (χ4v) is 1.34. The van der Waals surface area contributed by atoms with Crippen LogP contribution in [-0.4, -0.2) is 16.7 Å². The molecule has 0 aliphatic heterocycles. The van der Waals surface area contributed by atoms with Gasteiger partial charge in [0.15, 0.2) is 5.60 Å². The second kappa shape index (κ2) is 2.58. The van der Waals surface area contributed by atoms with Gasteiger partial charge in [0.1, 0.15) is 0 Å². The van der Waals surface area contributed by atoms with Crippen LogP contribution in [0, 0.1) is 0 Å². The molecule has 0 unspecified atom stereocenters. The summed E-state index contributed by atoms with van der Waals surface area (Å²) in [6.07, 6.45) is 3.17. The van der Waals surface area contributed by atoms with Gasteiger partial charge in [-0.2, -0.15) is 0 Å². The third-order valence-corrected chi connectivity index (χ3v) is 2.05. The number of carboxylic acids is 1. The van der Waals surface area contributed by atoms with E-state index < -0.39 is 11.6 Å². The Morgan fingerprint density at radius 3 is 2.00 bits per heavy atom. The lowest BCUT2D eigenvalue weighted by Gasteiger charge is -2.24. The number of carboxylic acid groups (broad SMARTS) is 1. The second-order valence-electron chi connectivity index (χ2n) is 2.86. The van der Waals surface area contributed by atoms with Gasteiger partial charge in [-0.05, 0) is 25.7 Å². The van der Waals surface area contributed by atoms with Crippen LogP contribution >= 0.6 is 0 Å². The predicted octanol–water partition coefficient (Wildman–Crippen LogP) is 1.20. The van der Waals surface area contributed by atoms with Crippen LogP contribution in [-0.2, 0) is 9.90 Å². The molecule has 57 valence electrons. The Labute approximate surface area is 59.7 Å². The molecule has 0 saturated heterocycles. The van der Waals surface area contributed by atoms with Gasteiger partial charge in [0, 0.05) is 0 Å². The van der Waals surface area contributed by atoms with Crippen molar-refractivity contribution in [2.75, 3.05) is 0 Å². The number of carbonyl (C=O) groups is 1. The number of aliphatic carboxylic acids is 1. The van der Waals surface area contributed by atoms with Crippen molar-refractivity contribution in [3.8, 4) is 0 Å². The average Bonchev–Trinajstić information content (AvgIpc) is 1.89. The second-order valence-corrected chi connectivity index (χ2v) is 2.86. The molecule has 1 fully saturated rings. The summed E-state index contributed by atoms with van der Waals surface area (Å²) in [6.45, 7) is 0. The summed E-state index contributed by atoms with van der Waals surface area (Å²) < 4.78 is 0. The highest BCUT2D eigenvalue weighted by molar-refractivity contribution is 5.76. The molecule has 0 aromatic rings. The standard InChI is InChI=1S/C7H11O3/c8-6(9)7(10)4-2-1-3-5-7/h1-5H2,(H,8,9). The Morgan fingerprint density at radius 2 is 1.70 bits per heavy atom. The molecule has 0 atom stereocenters. The molecule has 1 radical (unpaired) electrons. The molecule has 1 rings (SSSR count). The summed E-state index contributed by atoms with van der Waals surface area (Å²) in [6, 6.07) is 0. The largest absolute Gasteiger partial charge is 0.479 e. The van der Waals surface area contributed by atoms with Crippen LogP contribution in [0.1, 0.15) is 32.1 Å². The van der Waals surface area contributed by atoms with Gasteiger partial charge < -0.3 is 5.11 Å². The monoisotopic (exact) mass is 143 g/mol. The molecular formula is C7H11O3. The minimum Gasteiger partial charge on any atom is -0.479 e. The molecule has 0 amide bonds. The van der Waals surface area contributed by atoms with E-state index in [4.69, 9.17) is 5.11 Å². The Hall–Kier alpha value is -0.570. The lowest BCUT2D eigenvalue weighted by Crippen LogP contribution is -2.38. The summed E-state index contributed by atoms with van der Waals surface area (Å²) in [5.74, 6) is -1.17. The van der Waals surface area contributed by atoms with Gasteiger partial charge in [0.05, 0.1) is 0 Å². The molecule has 3 heteroatoms. The van der Waals surface area contributed by atoms with Crippen molar-refractivity contribution in [3.05, 3.63) is 0 Å². The smallest absolute Gasteiger partial charge is 0.339 e. The molecule has 10 heavy (non-hydrogen) atoms. The first-order valence-electron chi connectivity index (χ1n) is 3.59. The molecule has 0 bridgehead atoms. The van der Waals surface area contributed by atoms with Gasteiger partial charge in [-0.1, -0.05) is 6.42 Å². The van der Waals surface area contributed by atoms with Crippen LogP contribution in [0.15, 0.2) is 0 Å². The lowest BCUT2D eigenvalue weighted by molar-refractivity contribution is -0.170. The minimum atomic E-state index is -1.65. The lowest BCUT2D eigenvalue weighted by atomic mass is 9.85. The highest BCUT2D eigenvalue weighted by Gasteiger charge is 2.39. The van der Waals surface area contributed by atoms with Gasteiger partial charge in [-0.25, -0.2) is 9.90 Å². The zero-order chi connectivity index (χ0) is 7.61. The average molecular weight is 143 g/mol. The van der Waals surface area contributed by atoms with Crippen LogP contribution in [0.5, 0.6) is 0 Å². The molecule has 0 spiro atoms. The summed E-state index contributed by atoms with van der Waals surface area (Å²) >= 11 is 0. The molecule has 1 aliphatic rings. The van der Waals surface area contributed by atoms with Crippen molar-refractivity contribution in [1.29, 1.82) is 0 Å². The Balaban J connectivity index is 2.56. The van der Waals surface area contributed by atoms with E-state index in [1.807, 2.05) is 0 Å². The molecule has 1 saturated carbocycles. The molecular weight excluding hydrogens is 132 g/mol. The fraction of sp³-hybridized carbons (Fsp3) is 0.857. The van der Waals surface area contributed by atoms with Crippen LogP contribution in [0.4, 0.5) is 0 Å². The van der Waals surface area contributed by atoms with E-state index in [0.717, 1.165) is 19.3 Å². The van der Waals surface area contributed by atoms with Gasteiger partial charge in [-0.15, -0.1) is 0 Å². The van der Waals surface area contributed by atoms with Crippen molar-refractivity contribution in [3.63, 3.8) is 0 Å². The minimum absolute atomic E-state index is 0.308. The summed E-state index contributed by atoms with van der Waals surface area (Å²) in [4.78, 5) is 10.4. The summed E-state index contributed by atoms with van der Waals surface area (Å²) in [7, 11) is 0. The number of rotatable bonds is 1. The zero-order valence-corrected chi connectivity index (χ0v) is 5.80. The molecule has 0 aromatic heterocycles. The maximum atomic E-state index is 11.2. The molecule has 3 nitrogen and oxygen atoms in total. The van der Waals surface area contributed by atoms with E-state index in [1.165, 1.54) is 0 Å². The Kier molecular flexibility index (Phi) is 1.94. The molecule has 0 aromatic carbocycles. The van der Waals surface area contributed by atoms with E-state index in [9.17, 15) is 9.90 Å². The number of hydrogen-bond donors (Lipinski definition) is 1. The highest BCUT2D eigenvalue weighted by Crippen LogP contribution is 2.28. The van der Waals surface area contributed by atoms with E-state index in [1.54, 1.807) is 0 Å². The van der Waals surface area contributed by atoms with Gasteiger partial charge in [0.25, 0.3) is 0 Å². The van der Waals surface area contributed by atoms with Crippen LogP contribution < -0.4 is 0 Å². The topological polar surface area (TPSA) is 57.2 Å². The SMILES string of the molecule is [O]C1(C(=O)O)CCCCC1. The van der Waals surface area contributed by atoms with Crippen LogP contribution in [0.2, 0.25) is 0 Å². The van der Waals surface area contributed by atoms with Crippen LogP contribution in [0.3, 0.4) is 0 Å². The van der Waals surface area contributed by atoms with E-state index in [2.05, 4.69) is 0 Å². The third-order valence-electron chi connectivity index (χ3n) is 2.05. The maximum Gasteiger partial charge on any atom is 0.339 e. The summed E-state index contributed by atoms with van der Waals surface area (Å²) in [5.41, 5.74) is -1.65. The van der Waals surface area contributed by atoms with Crippen molar-refractivity contribution < 1.29 is 15.0 Å². The van der Waals surface area contributed by atoms with E-state index in [-0.39, 0.29) is 0 Å². The maximum absolute atomic E-state index is 11.2. The van der Waals surface area contributed by atoms with Crippen molar-refractivity contribution in [1.82, 2.24) is 0 Å². The quantitative estimate of drug-likeness (QED) is 0.599. The van der Waals surface area contributed by atoms with Crippen LogP contribution in [0.25, 0.3) is 0 Å². The van der Waals surface area contributed by atoms with Gasteiger partial charge >= 0.3 is 5.97 Å². The summed E-state index contributed by atoms with van der Waals surface area (Å²) in [5, 5.41) is 19.7. The normalized spacial score (nSPS) is 24.1. The Morgan fingerprint density at radius 1 is 1.20 bits per heavy atom. The fourth-order valence-electron chi connectivity index (χ4n) is 1.34. The first-order valence-corrected chi connectivity index (χ1v) is 3.59. The van der Waals surface area contributed by atoms with Gasteiger partial charge in [-0.3, -0.25) is 0 Å².